The first-order valence-electron chi connectivity index (χ1n) is 23.0. The molecule has 344 valence electrons. The van der Waals surface area contributed by atoms with Crippen LogP contribution in [0.4, 0.5) is 0 Å². The molecule has 8 aliphatic rings. The van der Waals surface area contributed by atoms with Gasteiger partial charge in [-0.2, -0.15) is 0 Å². The van der Waals surface area contributed by atoms with Crippen LogP contribution in [0.25, 0.3) is 0 Å². The number of carbonyl (C=O) groups is 7. The molecule has 0 aromatic heterocycles. The van der Waals surface area contributed by atoms with E-state index < -0.39 is 45.8 Å². The normalized spacial score (nSPS) is 32.5. The minimum absolute atomic E-state index is 0.0313. The predicted octanol–water partition coefficient (Wildman–Crippen LogP) is -0.309. The molecule has 2 aliphatic carbocycles. The van der Waals surface area contributed by atoms with Crippen molar-refractivity contribution in [2.75, 3.05) is 64.4 Å². The molecule has 0 aromatic carbocycles. The minimum Gasteiger partial charge on any atom is -0.356 e. The van der Waals surface area contributed by atoms with Gasteiger partial charge in [0.1, 0.15) is 17.6 Å². The van der Waals surface area contributed by atoms with Gasteiger partial charge in [-0.1, -0.05) is 19.3 Å². The second-order valence-corrected chi connectivity index (χ2v) is 22.6. The minimum atomic E-state index is -3.41. The molecule has 0 radical (unpaired) electrons. The molecule has 8 fully saturated rings. The number of sulfonamides is 1. The number of fused-ring (bicyclic) bond motifs is 1. The summed E-state index contributed by atoms with van der Waals surface area (Å²) in [5, 5.41) is 14.9. The van der Waals surface area contributed by atoms with E-state index in [1.54, 1.807) is 11.8 Å². The summed E-state index contributed by atoms with van der Waals surface area (Å²) in [6.07, 6.45) is 12.1. The van der Waals surface area contributed by atoms with Crippen molar-refractivity contribution in [3.05, 3.63) is 0 Å². The summed E-state index contributed by atoms with van der Waals surface area (Å²) in [4.78, 5) is 96.3. The Morgan fingerprint density at radius 3 is 2.40 bits per heavy atom. The molecule has 0 bridgehead atoms. The lowest BCUT2D eigenvalue weighted by molar-refractivity contribution is -0.151. The van der Waals surface area contributed by atoms with E-state index >= 15 is 0 Å². The molecular weight excluding hydrogens is 839 g/mol. The van der Waals surface area contributed by atoms with Gasteiger partial charge in [0.2, 0.25) is 51.4 Å². The van der Waals surface area contributed by atoms with E-state index in [0.29, 0.717) is 70.0 Å². The zero-order valence-corrected chi connectivity index (χ0v) is 37.6. The Kier molecular flexibility index (Phi) is 14.0. The summed E-state index contributed by atoms with van der Waals surface area (Å²) < 4.78 is 25.4. The topological polar surface area (TPSA) is 227 Å². The van der Waals surface area contributed by atoms with Gasteiger partial charge in [0.05, 0.1) is 24.0 Å². The highest BCUT2D eigenvalue weighted by atomic mass is 32.2. The monoisotopic (exact) mass is 903 g/mol. The lowest BCUT2D eigenvalue weighted by Crippen LogP contribution is -2.73. The molecule has 8 rings (SSSR count). The number of hydrogen-bond acceptors (Lipinski definition) is 13. The third kappa shape index (κ3) is 10.2. The van der Waals surface area contributed by atoms with Gasteiger partial charge in [-0.3, -0.25) is 54.0 Å². The van der Waals surface area contributed by atoms with Crippen LogP contribution in [-0.4, -0.2) is 163 Å². The molecule has 0 aromatic rings. The van der Waals surface area contributed by atoms with Gasteiger partial charge >= 0.3 is 0 Å². The van der Waals surface area contributed by atoms with Crippen LogP contribution in [0.2, 0.25) is 0 Å². The van der Waals surface area contributed by atoms with Gasteiger partial charge in [0.25, 0.3) is 0 Å². The molecule has 1 spiro atoms. The Labute approximate surface area is 368 Å². The van der Waals surface area contributed by atoms with Crippen LogP contribution in [0.15, 0.2) is 0 Å². The Balaban J connectivity index is 0.723. The lowest BCUT2D eigenvalue weighted by atomic mass is 9.69. The molecule has 6 saturated heterocycles. The van der Waals surface area contributed by atoms with Crippen molar-refractivity contribution in [3.63, 3.8) is 0 Å². The molecule has 18 nitrogen and oxygen atoms in total. The Morgan fingerprint density at radius 1 is 0.919 bits per heavy atom. The number of nitrogens with one attached hydrogen (secondary N) is 5. The summed E-state index contributed by atoms with van der Waals surface area (Å²) >= 11 is 1.68. The number of nitrogens with zero attached hydrogens (tertiary/aromatic N) is 4. The molecule has 62 heavy (non-hydrogen) atoms. The fraction of sp³-hybridized carbons (Fsp3) is 0.833. The van der Waals surface area contributed by atoms with Crippen molar-refractivity contribution in [1.82, 2.24) is 45.6 Å². The SMILES string of the molecule is CS(=O)(=O)N1CCC(C(=O)N[C@@H](CCCCNC(=O)CCN2CC3(C2)CN(C2CCC4C(=O)N(C5CCC(=O)NC5=O)C(=O)C4C2)C3)C(=O)NC2NC(C3CCCCC3)CS2)C1. The molecule has 20 heteroatoms. The second kappa shape index (κ2) is 19.1. The number of carbonyl (C=O) groups excluding carboxylic acids is 7. The van der Waals surface area contributed by atoms with Crippen LogP contribution in [0, 0.1) is 29.1 Å². The first kappa shape index (κ1) is 45.4. The predicted molar refractivity (Wildman–Crippen MR) is 229 cm³/mol. The van der Waals surface area contributed by atoms with Crippen molar-refractivity contribution in [3.8, 4) is 0 Å². The zero-order chi connectivity index (χ0) is 43.8. The van der Waals surface area contributed by atoms with E-state index in [1.165, 1.54) is 36.4 Å². The summed E-state index contributed by atoms with van der Waals surface area (Å²) in [6, 6.07) is -1.11. The molecule has 8 atom stereocenters. The summed E-state index contributed by atoms with van der Waals surface area (Å²) in [7, 11) is -3.41. The standard InChI is InChI=1S/C42H65N9O9S2/c1-62(59,60)50-18-14-27(20-50)36(54)44-31(37(55)47-41-45-32(21-61-41)26-7-3-2-4-8-26)9-5-6-16-43-34(52)15-17-48-22-42(23-48)24-49(25-42)28-10-11-29-30(19-28)40(58)51(39(29)57)33-12-13-35(53)46-38(33)56/h26-33,41,45H,2-25H2,1H3,(H,43,52)(H,44,54)(H,47,55)(H,46,53,56)/t27?,28?,29?,30?,31-,32?,33?,41?/m0/s1. The van der Waals surface area contributed by atoms with Gasteiger partial charge in [0.15, 0.2) is 0 Å². The van der Waals surface area contributed by atoms with Crippen LogP contribution >= 0.6 is 11.8 Å². The molecule has 2 saturated carbocycles. The number of likely N-dealkylation sites (tertiary alicyclic amines) is 3. The highest BCUT2D eigenvalue weighted by molar-refractivity contribution is 8.00. The average Bonchev–Trinajstić information content (AvgIpc) is 3.96. The maximum absolute atomic E-state index is 13.6. The first-order valence-corrected chi connectivity index (χ1v) is 25.9. The van der Waals surface area contributed by atoms with E-state index in [0.717, 1.165) is 49.5 Å². The third-order valence-corrected chi connectivity index (χ3v) is 17.4. The zero-order valence-electron chi connectivity index (χ0n) is 35.9. The Morgan fingerprint density at radius 2 is 1.68 bits per heavy atom. The summed E-state index contributed by atoms with van der Waals surface area (Å²) in [5.74, 6) is -1.87. The lowest BCUT2D eigenvalue weighted by Gasteiger charge is -2.62. The number of hydrogen-bond donors (Lipinski definition) is 5. The Hall–Kier alpha value is -3.17. The number of piperidine rings is 1. The third-order valence-electron chi connectivity index (χ3n) is 15.0. The van der Waals surface area contributed by atoms with E-state index in [4.69, 9.17) is 0 Å². The van der Waals surface area contributed by atoms with Crippen LogP contribution in [0.3, 0.4) is 0 Å². The molecular formula is C42H65N9O9S2. The van der Waals surface area contributed by atoms with Gasteiger partial charge in [0, 0.05) is 88.5 Å². The Bertz CT molecular complexity index is 1870. The van der Waals surface area contributed by atoms with Crippen molar-refractivity contribution < 1.29 is 42.0 Å². The fourth-order valence-electron chi connectivity index (χ4n) is 11.5. The van der Waals surface area contributed by atoms with Crippen LogP contribution in [0.5, 0.6) is 0 Å². The van der Waals surface area contributed by atoms with E-state index in [2.05, 4.69) is 36.4 Å². The second-order valence-electron chi connectivity index (χ2n) is 19.5. The van der Waals surface area contributed by atoms with Crippen molar-refractivity contribution in [2.45, 2.75) is 126 Å². The summed E-state index contributed by atoms with van der Waals surface area (Å²) in [6.45, 7) is 5.17. The number of thioether (sulfide) groups is 1. The molecule has 7 unspecified atom stereocenters. The van der Waals surface area contributed by atoms with Crippen LogP contribution in [0.1, 0.15) is 96.3 Å². The highest BCUT2D eigenvalue weighted by Gasteiger charge is 2.58. The van der Waals surface area contributed by atoms with E-state index in [9.17, 15) is 42.0 Å². The van der Waals surface area contributed by atoms with Gasteiger partial charge in [-0.15, -0.1) is 11.8 Å². The maximum atomic E-state index is 13.6. The van der Waals surface area contributed by atoms with E-state index in [-0.39, 0.29) is 78.3 Å². The van der Waals surface area contributed by atoms with Gasteiger partial charge in [-0.25, -0.2) is 12.7 Å². The van der Waals surface area contributed by atoms with Crippen molar-refractivity contribution >= 4 is 63.1 Å². The molecule has 7 amide bonds. The number of unbranched alkanes of at least 4 members (excludes halogenated alkanes) is 1. The van der Waals surface area contributed by atoms with Crippen molar-refractivity contribution in [2.24, 2.45) is 29.1 Å². The summed E-state index contributed by atoms with van der Waals surface area (Å²) in [5.41, 5.74) is -0.0442. The van der Waals surface area contributed by atoms with Gasteiger partial charge in [-0.05, 0) is 70.1 Å². The number of rotatable bonds is 16. The maximum Gasteiger partial charge on any atom is 0.249 e. The van der Waals surface area contributed by atoms with Crippen LogP contribution in [-0.2, 0) is 43.6 Å². The quantitative estimate of drug-likeness (QED) is 0.0992. The highest BCUT2D eigenvalue weighted by Crippen LogP contribution is 2.46. The molecule has 6 aliphatic heterocycles. The number of imide groups is 2. The fourth-order valence-corrected chi connectivity index (χ4v) is 13.7. The van der Waals surface area contributed by atoms with E-state index in [1.807, 2.05) is 0 Å². The van der Waals surface area contributed by atoms with Crippen LogP contribution < -0.4 is 26.6 Å². The number of amides is 7. The molecule has 5 N–H and O–H groups in total. The molecule has 6 heterocycles. The first-order chi connectivity index (χ1) is 29.7. The van der Waals surface area contributed by atoms with Crippen molar-refractivity contribution in [1.29, 1.82) is 0 Å². The average molecular weight is 904 g/mol. The smallest absolute Gasteiger partial charge is 0.249 e. The van der Waals surface area contributed by atoms with Gasteiger partial charge < -0.3 is 20.9 Å². The largest absolute Gasteiger partial charge is 0.356 e.